The number of nitrogens with one attached hydrogen (secondary N) is 1. The maximum Gasteiger partial charge on any atom is 0.226 e. The molecule has 3 rings (SSSR count). The second kappa shape index (κ2) is 5.05. The minimum Gasteiger partial charge on any atom is -0.365 e. The molecule has 0 saturated heterocycles. The molecule has 0 atom stereocenters. The largest absolute Gasteiger partial charge is 0.365 e. The van der Waals surface area contributed by atoms with Crippen molar-refractivity contribution in [1.82, 2.24) is 19.7 Å². The Balaban J connectivity index is 1.89. The second-order valence-electron chi connectivity index (χ2n) is 4.33. The van der Waals surface area contributed by atoms with E-state index in [2.05, 4.69) is 20.4 Å². The third-order valence-electron chi connectivity index (χ3n) is 2.94. The van der Waals surface area contributed by atoms with E-state index in [0.29, 0.717) is 18.0 Å². The molecule has 0 fully saturated rings. The van der Waals surface area contributed by atoms with Crippen molar-refractivity contribution in [3.63, 3.8) is 0 Å². The Bertz CT molecular complexity index is 753. The van der Waals surface area contributed by atoms with Gasteiger partial charge in [0.15, 0.2) is 5.65 Å². The number of aromatic nitrogens is 4. The second-order valence-corrected chi connectivity index (χ2v) is 4.66. The zero-order valence-electron chi connectivity index (χ0n) is 10.6. The van der Waals surface area contributed by atoms with Crippen molar-refractivity contribution in [2.45, 2.75) is 6.54 Å². The maximum atomic E-state index is 12.8. The van der Waals surface area contributed by atoms with Gasteiger partial charge < -0.3 is 5.32 Å². The van der Waals surface area contributed by atoms with Crippen molar-refractivity contribution < 1.29 is 4.39 Å². The van der Waals surface area contributed by atoms with Crippen molar-refractivity contribution in [1.29, 1.82) is 0 Å². The summed E-state index contributed by atoms with van der Waals surface area (Å²) in [7, 11) is 1.79. The average Bonchev–Trinajstić information content (AvgIpc) is 2.80. The van der Waals surface area contributed by atoms with Crippen molar-refractivity contribution in [3.05, 3.63) is 47.1 Å². The number of nitrogens with zero attached hydrogens (tertiary/aromatic N) is 4. The predicted molar refractivity (Wildman–Crippen MR) is 75.0 cm³/mol. The molecule has 2 aromatic heterocycles. The smallest absolute Gasteiger partial charge is 0.226 e. The summed E-state index contributed by atoms with van der Waals surface area (Å²) in [6.07, 6.45) is 1.68. The molecule has 1 aromatic carbocycles. The number of rotatable bonds is 3. The van der Waals surface area contributed by atoms with Crippen LogP contribution in [0.3, 0.4) is 0 Å². The molecule has 0 aliphatic carbocycles. The molecule has 1 N–H and O–H groups in total. The summed E-state index contributed by atoms with van der Waals surface area (Å²) >= 11 is 5.90. The van der Waals surface area contributed by atoms with E-state index in [0.717, 1.165) is 10.9 Å². The van der Waals surface area contributed by atoms with Crippen LogP contribution in [0.15, 0.2) is 30.5 Å². The van der Waals surface area contributed by atoms with Gasteiger partial charge in [0, 0.05) is 13.6 Å². The monoisotopic (exact) mass is 291 g/mol. The SMILES string of the molecule is Cn1ncc2c(NCc3ccc(F)cc3)nc(Cl)nc21. The first kappa shape index (κ1) is 12.8. The molecule has 20 heavy (non-hydrogen) atoms. The first-order chi connectivity index (χ1) is 9.63. The van der Waals surface area contributed by atoms with E-state index in [1.807, 2.05) is 0 Å². The van der Waals surface area contributed by atoms with E-state index in [1.165, 1.54) is 12.1 Å². The summed E-state index contributed by atoms with van der Waals surface area (Å²) in [4.78, 5) is 8.29. The lowest BCUT2D eigenvalue weighted by Gasteiger charge is -2.07. The van der Waals surface area contributed by atoms with Crippen molar-refractivity contribution in [3.8, 4) is 0 Å². The number of anilines is 1. The molecule has 0 unspecified atom stereocenters. The van der Waals surface area contributed by atoms with Crippen LogP contribution in [0.1, 0.15) is 5.56 Å². The quantitative estimate of drug-likeness (QED) is 0.754. The van der Waals surface area contributed by atoms with Crippen LogP contribution >= 0.6 is 11.6 Å². The normalized spacial score (nSPS) is 10.9. The molecule has 0 aliphatic heterocycles. The fourth-order valence-corrected chi connectivity index (χ4v) is 2.08. The lowest BCUT2D eigenvalue weighted by molar-refractivity contribution is 0.627. The molecular formula is C13H11ClFN5. The van der Waals surface area contributed by atoms with Gasteiger partial charge in [0.05, 0.1) is 11.6 Å². The van der Waals surface area contributed by atoms with Gasteiger partial charge in [-0.2, -0.15) is 15.1 Å². The first-order valence-electron chi connectivity index (χ1n) is 5.97. The third-order valence-corrected chi connectivity index (χ3v) is 3.11. The van der Waals surface area contributed by atoms with Gasteiger partial charge in [-0.1, -0.05) is 12.1 Å². The Labute approximate surface area is 119 Å². The van der Waals surface area contributed by atoms with E-state index in [4.69, 9.17) is 11.6 Å². The standard InChI is InChI=1S/C13H11ClFN5/c1-20-12-10(7-17-20)11(18-13(14)19-12)16-6-8-2-4-9(15)5-3-8/h2-5,7H,6H2,1H3,(H,16,18,19). The summed E-state index contributed by atoms with van der Waals surface area (Å²) in [5.41, 5.74) is 1.60. The van der Waals surface area contributed by atoms with Crippen LogP contribution in [-0.2, 0) is 13.6 Å². The molecule has 0 bridgehead atoms. The van der Waals surface area contributed by atoms with Crippen LogP contribution in [0.25, 0.3) is 11.0 Å². The highest BCUT2D eigenvalue weighted by Crippen LogP contribution is 2.21. The van der Waals surface area contributed by atoms with E-state index in [9.17, 15) is 4.39 Å². The minimum atomic E-state index is -0.256. The Hall–Kier alpha value is -2.21. The lowest BCUT2D eigenvalue weighted by Crippen LogP contribution is -2.03. The highest BCUT2D eigenvalue weighted by Gasteiger charge is 2.10. The molecule has 102 valence electrons. The van der Waals surface area contributed by atoms with Crippen LogP contribution in [0.2, 0.25) is 5.28 Å². The Morgan fingerprint density at radius 1 is 1.25 bits per heavy atom. The van der Waals surface area contributed by atoms with Crippen molar-refractivity contribution >= 4 is 28.5 Å². The number of halogens is 2. The van der Waals surface area contributed by atoms with E-state index in [-0.39, 0.29) is 11.1 Å². The van der Waals surface area contributed by atoms with E-state index < -0.39 is 0 Å². The number of hydrogen-bond acceptors (Lipinski definition) is 4. The van der Waals surface area contributed by atoms with Gasteiger partial charge >= 0.3 is 0 Å². The summed E-state index contributed by atoms with van der Waals surface area (Å²) in [5, 5.41) is 8.24. The summed E-state index contributed by atoms with van der Waals surface area (Å²) < 4.78 is 14.5. The predicted octanol–water partition coefficient (Wildman–Crippen LogP) is 2.77. The fourth-order valence-electron chi connectivity index (χ4n) is 1.92. The average molecular weight is 292 g/mol. The molecule has 5 nitrogen and oxygen atoms in total. The van der Waals surface area contributed by atoms with Gasteiger partial charge in [0.25, 0.3) is 0 Å². The highest BCUT2D eigenvalue weighted by atomic mass is 35.5. The molecule has 7 heteroatoms. The number of hydrogen-bond donors (Lipinski definition) is 1. The number of benzene rings is 1. The van der Waals surface area contributed by atoms with E-state index in [1.54, 1.807) is 30.1 Å². The lowest BCUT2D eigenvalue weighted by atomic mass is 10.2. The van der Waals surface area contributed by atoms with Crippen molar-refractivity contribution in [2.24, 2.45) is 7.05 Å². The molecule has 0 spiro atoms. The zero-order chi connectivity index (χ0) is 14.1. The van der Waals surface area contributed by atoms with Crippen LogP contribution < -0.4 is 5.32 Å². The van der Waals surface area contributed by atoms with Gasteiger partial charge in [-0.15, -0.1) is 0 Å². The molecule has 0 saturated carbocycles. The first-order valence-corrected chi connectivity index (χ1v) is 6.35. The molecule has 2 heterocycles. The Morgan fingerprint density at radius 3 is 2.75 bits per heavy atom. The Morgan fingerprint density at radius 2 is 2.00 bits per heavy atom. The summed E-state index contributed by atoms with van der Waals surface area (Å²) in [5.74, 6) is 0.353. The number of aryl methyl sites for hydroxylation is 1. The van der Waals surface area contributed by atoms with Gasteiger partial charge in [-0.25, -0.2) is 4.39 Å². The van der Waals surface area contributed by atoms with Crippen LogP contribution in [-0.4, -0.2) is 19.7 Å². The molecule has 3 aromatic rings. The zero-order valence-corrected chi connectivity index (χ0v) is 11.4. The minimum absolute atomic E-state index is 0.155. The number of fused-ring (bicyclic) bond motifs is 1. The summed E-state index contributed by atoms with van der Waals surface area (Å²) in [6.45, 7) is 0.512. The van der Waals surface area contributed by atoms with Gasteiger partial charge in [-0.3, -0.25) is 4.68 Å². The summed E-state index contributed by atoms with van der Waals surface area (Å²) in [6, 6.07) is 6.27. The van der Waals surface area contributed by atoms with Crippen molar-refractivity contribution in [2.75, 3.05) is 5.32 Å². The molecule has 0 aliphatic rings. The topological polar surface area (TPSA) is 55.6 Å². The van der Waals surface area contributed by atoms with Gasteiger partial charge in [0.1, 0.15) is 11.6 Å². The fraction of sp³-hybridized carbons (Fsp3) is 0.154. The van der Waals surface area contributed by atoms with Crippen LogP contribution in [0.4, 0.5) is 10.2 Å². The molecular weight excluding hydrogens is 281 g/mol. The Kier molecular flexibility index (Phi) is 3.23. The molecule has 0 amide bonds. The van der Waals surface area contributed by atoms with Gasteiger partial charge in [0.2, 0.25) is 5.28 Å². The molecule has 0 radical (unpaired) electrons. The van der Waals surface area contributed by atoms with Crippen LogP contribution in [0.5, 0.6) is 0 Å². The van der Waals surface area contributed by atoms with E-state index >= 15 is 0 Å². The maximum absolute atomic E-state index is 12.8. The van der Waals surface area contributed by atoms with Crippen LogP contribution in [0, 0.1) is 5.82 Å². The van der Waals surface area contributed by atoms with Gasteiger partial charge in [-0.05, 0) is 29.3 Å². The highest BCUT2D eigenvalue weighted by molar-refractivity contribution is 6.28. The third kappa shape index (κ3) is 2.42.